The number of aromatic nitrogens is 2. The standard InChI is InChI=1S/C26H20ClN3O4/c1-32-19-9-5-17(6-10-19)25-22-23(16-3-7-18(27)8-4-16)28-29-24(22)26(31)30(25)13-15-2-11-20-21(12-15)34-14-33-20/h2-12,25H,13-14H2,1H3,(H,28,29). The molecule has 6 rings (SSSR count). The van der Waals surface area contributed by atoms with Crippen LogP contribution in [-0.2, 0) is 6.54 Å². The molecule has 170 valence electrons. The largest absolute Gasteiger partial charge is 0.497 e. The predicted molar refractivity (Wildman–Crippen MR) is 126 cm³/mol. The van der Waals surface area contributed by atoms with E-state index in [9.17, 15) is 4.79 Å². The molecule has 7 nitrogen and oxygen atoms in total. The molecule has 2 aliphatic rings. The van der Waals surface area contributed by atoms with Gasteiger partial charge in [0.15, 0.2) is 11.5 Å². The second-order valence-electron chi connectivity index (χ2n) is 8.16. The maximum atomic E-state index is 13.6. The molecule has 1 unspecified atom stereocenters. The lowest BCUT2D eigenvalue weighted by Crippen LogP contribution is -2.29. The number of nitrogens with zero attached hydrogens (tertiary/aromatic N) is 2. The number of carbonyl (C=O) groups is 1. The number of rotatable bonds is 5. The SMILES string of the molecule is COc1ccc(C2c3c(-c4ccc(Cl)cc4)n[nH]c3C(=O)N2Cc2ccc3c(c2)OCO3)cc1. The fraction of sp³-hybridized carbons (Fsp3) is 0.154. The second-order valence-corrected chi connectivity index (χ2v) is 8.60. The summed E-state index contributed by atoms with van der Waals surface area (Å²) >= 11 is 6.10. The van der Waals surface area contributed by atoms with Crippen LogP contribution in [0.3, 0.4) is 0 Å². The van der Waals surface area contributed by atoms with Crippen molar-refractivity contribution in [1.29, 1.82) is 0 Å². The summed E-state index contributed by atoms with van der Waals surface area (Å²) in [6.07, 6.45) is 0. The minimum absolute atomic E-state index is 0.110. The van der Waals surface area contributed by atoms with Crippen molar-refractivity contribution in [2.24, 2.45) is 0 Å². The summed E-state index contributed by atoms with van der Waals surface area (Å²) in [7, 11) is 1.63. The zero-order valence-corrected chi connectivity index (χ0v) is 19.0. The first kappa shape index (κ1) is 20.6. The minimum Gasteiger partial charge on any atom is -0.497 e. The third kappa shape index (κ3) is 3.36. The molecular formula is C26H20ClN3O4. The number of halogens is 1. The fourth-order valence-electron chi connectivity index (χ4n) is 4.56. The number of hydrogen-bond acceptors (Lipinski definition) is 5. The molecule has 0 saturated heterocycles. The van der Waals surface area contributed by atoms with Gasteiger partial charge in [-0.2, -0.15) is 5.10 Å². The van der Waals surface area contributed by atoms with Crippen molar-refractivity contribution in [3.8, 4) is 28.5 Å². The third-order valence-corrected chi connectivity index (χ3v) is 6.45. The van der Waals surface area contributed by atoms with Crippen molar-refractivity contribution in [1.82, 2.24) is 15.1 Å². The number of methoxy groups -OCH3 is 1. The van der Waals surface area contributed by atoms with Gasteiger partial charge in [-0.05, 0) is 47.5 Å². The van der Waals surface area contributed by atoms with Crippen molar-refractivity contribution >= 4 is 17.5 Å². The van der Waals surface area contributed by atoms with Gasteiger partial charge in [0.05, 0.1) is 18.8 Å². The number of ether oxygens (including phenoxy) is 3. The molecule has 0 bridgehead atoms. The highest BCUT2D eigenvalue weighted by Gasteiger charge is 2.42. The lowest BCUT2D eigenvalue weighted by atomic mass is 9.96. The van der Waals surface area contributed by atoms with E-state index >= 15 is 0 Å². The van der Waals surface area contributed by atoms with Gasteiger partial charge in [0.25, 0.3) is 5.91 Å². The molecule has 2 aliphatic heterocycles. The van der Waals surface area contributed by atoms with Gasteiger partial charge in [0, 0.05) is 22.7 Å². The van der Waals surface area contributed by atoms with Crippen LogP contribution in [-0.4, -0.2) is 34.9 Å². The zero-order chi connectivity index (χ0) is 23.2. The Bertz CT molecular complexity index is 1380. The van der Waals surface area contributed by atoms with E-state index in [-0.39, 0.29) is 18.7 Å². The summed E-state index contributed by atoms with van der Waals surface area (Å²) in [5.41, 5.74) is 4.87. The molecule has 3 aromatic carbocycles. The van der Waals surface area contributed by atoms with E-state index in [1.165, 1.54) is 0 Å². The molecule has 0 radical (unpaired) electrons. The highest BCUT2D eigenvalue weighted by Crippen LogP contribution is 2.44. The molecule has 1 aromatic heterocycles. The van der Waals surface area contributed by atoms with E-state index in [0.717, 1.165) is 33.7 Å². The summed E-state index contributed by atoms with van der Waals surface area (Å²) in [5.74, 6) is 2.04. The average Bonchev–Trinajstić information content (AvgIpc) is 3.57. The maximum Gasteiger partial charge on any atom is 0.273 e. The summed E-state index contributed by atoms with van der Waals surface area (Å²) in [5, 5.41) is 8.14. The van der Waals surface area contributed by atoms with Crippen LogP contribution in [0.1, 0.15) is 33.2 Å². The van der Waals surface area contributed by atoms with E-state index in [0.29, 0.717) is 28.8 Å². The van der Waals surface area contributed by atoms with Crippen molar-refractivity contribution in [2.75, 3.05) is 13.9 Å². The molecule has 3 heterocycles. The molecule has 8 heteroatoms. The molecule has 1 atom stereocenters. The number of carbonyl (C=O) groups excluding carboxylic acids is 1. The highest BCUT2D eigenvalue weighted by atomic mass is 35.5. The van der Waals surface area contributed by atoms with Crippen LogP contribution in [0.15, 0.2) is 66.7 Å². The van der Waals surface area contributed by atoms with E-state index in [1.807, 2.05) is 71.6 Å². The Kier molecular flexibility index (Phi) is 4.92. The van der Waals surface area contributed by atoms with Crippen molar-refractivity contribution in [2.45, 2.75) is 12.6 Å². The molecule has 34 heavy (non-hydrogen) atoms. The molecule has 0 spiro atoms. The van der Waals surface area contributed by atoms with Crippen LogP contribution < -0.4 is 14.2 Å². The first-order valence-corrected chi connectivity index (χ1v) is 11.2. The van der Waals surface area contributed by atoms with Crippen LogP contribution in [0, 0.1) is 0 Å². The third-order valence-electron chi connectivity index (χ3n) is 6.20. The molecule has 0 saturated carbocycles. The van der Waals surface area contributed by atoms with Crippen LogP contribution in [0.4, 0.5) is 0 Å². The number of benzene rings is 3. The molecule has 0 aliphatic carbocycles. The van der Waals surface area contributed by atoms with Crippen molar-refractivity contribution in [3.63, 3.8) is 0 Å². The van der Waals surface area contributed by atoms with Gasteiger partial charge in [-0.15, -0.1) is 0 Å². The van der Waals surface area contributed by atoms with Gasteiger partial charge in [0.2, 0.25) is 6.79 Å². The normalized spacial score (nSPS) is 16.1. The van der Waals surface area contributed by atoms with E-state index in [1.54, 1.807) is 7.11 Å². The van der Waals surface area contributed by atoms with Crippen LogP contribution in [0.5, 0.6) is 17.2 Å². The predicted octanol–water partition coefficient (Wildman–Crippen LogP) is 5.21. The van der Waals surface area contributed by atoms with Crippen molar-refractivity contribution < 1.29 is 19.0 Å². The smallest absolute Gasteiger partial charge is 0.273 e. The number of amides is 1. The Morgan fingerprint density at radius 1 is 1.06 bits per heavy atom. The van der Waals surface area contributed by atoms with E-state index < -0.39 is 0 Å². The van der Waals surface area contributed by atoms with Gasteiger partial charge in [-0.1, -0.05) is 41.9 Å². The Hall–Kier alpha value is -3.97. The molecule has 1 amide bonds. The molecular weight excluding hydrogens is 454 g/mol. The fourth-order valence-corrected chi connectivity index (χ4v) is 4.68. The lowest BCUT2D eigenvalue weighted by molar-refractivity contribution is 0.0730. The van der Waals surface area contributed by atoms with Gasteiger partial charge in [-0.3, -0.25) is 9.89 Å². The monoisotopic (exact) mass is 473 g/mol. The van der Waals surface area contributed by atoms with Crippen LogP contribution in [0.25, 0.3) is 11.3 Å². The number of H-pyrrole nitrogens is 1. The first-order valence-electron chi connectivity index (χ1n) is 10.8. The summed E-state index contributed by atoms with van der Waals surface area (Å²) < 4.78 is 16.3. The first-order chi connectivity index (χ1) is 16.6. The Morgan fingerprint density at radius 2 is 1.82 bits per heavy atom. The van der Waals surface area contributed by atoms with Gasteiger partial charge < -0.3 is 19.1 Å². The summed E-state index contributed by atoms with van der Waals surface area (Å²) in [6, 6.07) is 20.7. The van der Waals surface area contributed by atoms with E-state index in [2.05, 4.69) is 10.2 Å². The second kappa shape index (κ2) is 8.11. The van der Waals surface area contributed by atoms with Gasteiger partial charge in [-0.25, -0.2) is 0 Å². The molecule has 0 fully saturated rings. The molecule has 4 aromatic rings. The summed E-state index contributed by atoms with van der Waals surface area (Å²) in [6.45, 7) is 0.603. The number of nitrogens with one attached hydrogen (secondary N) is 1. The average molecular weight is 474 g/mol. The van der Waals surface area contributed by atoms with Crippen LogP contribution >= 0.6 is 11.6 Å². The lowest BCUT2D eigenvalue weighted by Gasteiger charge is -2.26. The Balaban J connectivity index is 1.45. The summed E-state index contributed by atoms with van der Waals surface area (Å²) in [4.78, 5) is 15.4. The maximum absolute atomic E-state index is 13.6. The zero-order valence-electron chi connectivity index (χ0n) is 18.2. The minimum atomic E-state index is -0.330. The Labute approximate surface area is 200 Å². The highest BCUT2D eigenvalue weighted by molar-refractivity contribution is 6.30. The molecule has 1 N–H and O–H groups in total. The van der Waals surface area contributed by atoms with Crippen molar-refractivity contribution in [3.05, 3.63) is 94.1 Å². The van der Waals surface area contributed by atoms with E-state index in [4.69, 9.17) is 25.8 Å². The van der Waals surface area contributed by atoms with Crippen LogP contribution in [0.2, 0.25) is 5.02 Å². The van der Waals surface area contributed by atoms with Gasteiger partial charge >= 0.3 is 0 Å². The Morgan fingerprint density at radius 3 is 2.59 bits per heavy atom. The number of aromatic amines is 1. The number of fused-ring (bicyclic) bond motifs is 2. The van der Waals surface area contributed by atoms with Gasteiger partial charge in [0.1, 0.15) is 11.4 Å². The number of hydrogen-bond donors (Lipinski definition) is 1. The quantitative estimate of drug-likeness (QED) is 0.430. The topological polar surface area (TPSA) is 76.7 Å².